The lowest BCUT2D eigenvalue weighted by atomic mass is 10.00. The monoisotopic (exact) mass is 273 g/mol. The molecule has 3 N–H and O–H groups in total. The maximum absolute atomic E-state index is 9.73. The van der Waals surface area contributed by atoms with E-state index < -0.39 is 5.60 Å². The molecule has 1 unspecified atom stereocenters. The number of hydrogen-bond donors (Lipinski definition) is 2. The molecule has 0 radical (unpaired) electrons. The number of hydrogen-bond acceptors (Lipinski definition) is 3. The summed E-state index contributed by atoms with van der Waals surface area (Å²) < 4.78 is 0. The predicted octanol–water partition coefficient (Wildman–Crippen LogP) is 3.31. The van der Waals surface area contributed by atoms with Gasteiger partial charge in [-0.25, -0.2) is 0 Å². The first-order chi connectivity index (χ1) is 8.03. The van der Waals surface area contributed by atoms with E-state index >= 15 is 0 Å². The van der Waals surface area contributed by atoms with Crippen LogP contribution in [0.2, 0.25) is 5.02 Å². The van der Waals surface area contributed by atoms with Gasteiger partial charge in [-0.15, -0.1) is 11.8 Å². The first kappa shape index (κ1) is 14.8. The molecule has 0 saturated carbocycles. The van der Waals surface area contributed by atoms with Gasteiger partial charge >= 0.3 is 0 Å². The quantitative estimate of drug-likeness (QED) is 0.592. The van der Waals surface area contributed by atoms with Crippen LogP contribution in [0.1, 0.15) is 26.2 Å². The van der Waals surface area contributed by atoms with Crippen molar-refractivity contribution in [2.75, 3.05) is 12.3 Å². The molecule has 0 aliphatic heterocycles. The average molecular weight is 274 g/mol. The molecule has 0 spiro atoms. The summed E-state index contributed by atoms with van der Waals surface area (Å²) in [6, 6.07) is 7.88. The zero-order valence-electron chi connectivity index (χ0n) is 10.2. The Morgan fingerprint density at radius 2 is 2.18 bits per heavy atom. The summed E-state index contributed by atoms with van der Waals surface area (Å²) in [5, 5.41) is 10.5. The summed E-state index contributed by atoms with van der Waals surface area (Å²) in [6.07, 6.45) is 2.84. The minimum Gasteiger partial charge on any atom is -0.389 e. The molecule has 0 heterocycles. The summed E-state index contributed by atoms with van der Waals surface area (Å²) in [4.78, 5) is 1.20. The Morgan fingerprint density at radius 1 is 1.41 bits per heavy atom. The lowest BCUT2D eigenvalue weighted by molar-refractivity contribution is 0.0577. The molecule has 0 aliphatic rings. The van der Waals surface area contributed by atoms with E-state index in [0.29, 0.717) is 6.54 Å². The number of nitrogens with two attached hydrogens (primary N) is 1. The fraction of sp³-hybridized carbons (Fsp3) is 0.538. The Morgan fingerprint density at radius 3 is 2.82 bits per heavy atom. The summed E-state index contributed by atoms with van der Waals surface area (Å²) >= 11 is 7.70. The molecule has 1 rings (SSSR count). The number of halogens is 1. The van der Waals surface area contributed by atoms with E-state index in [2.05, 4.69) is 6.07 Å². The van der Waals surface area contributed by atoms with Gasteiger partial charge in [-0.05, 0) is 50.1 Å². The number of rotatable bonds is 7. The average Bonchev–Trinajstić information content (AvgIpc) is 2.29. The highest BCUT2D eigenvalue weighted by Crippen LogP contribution is 2.23. The first-order valence-electron chi connectivity index (χ1n) is 5.84. The molecule has 1 atom stereocenters. The van der Waals surface area contributed by atoms with Crippen molar-refractivity contribution in [3.8, 4) is 0 Å². The number of aliphatic hydroxyl groups is 1. The molecule has 0 aromatic heterocycles. The number of unbranched alkanes of at least 4 members (excludes halogenated alkanes) is 1. The van der Waals surface area contributed by atoms with Crippen LogP contribution in [0.3, 0.4) is 0 Å². The van der Waals surface area contributed by atoms with Crippen LogP contribution in [0.5, 0.6) is 0 Å². The second-order valence-electron chi connectivity index (χ2n) is 4.46. The second kappa shape index (κ2) is 7.27. The third kappa shape index (κ3) is 6.32. The highest BCUT2D eigenvalue weighted by Gasteiger charge is 2.16. The van der Waals surface area contributed by atoms with Crippen LogP contribution in [0.15, 0.2) is 29.2 Å². The Kier molecular flexibility index (Phi) is 6.34. The lowest BCUT2D eigenvalue weighted by Crippen LogP contribution is -2.33. The van der Waals surface area contributed by atoms with Gasteiger partial charge in [0, 0.05) is 16.5 Å². The molecule has 4 heteroatoms. The van der Waals surface area contributed by atoms with Gasteiger partial charge in [0.15, 0.2) is 0 Å². The Balaban J connectivity index is 2.17. The van der Waals surface area contributed by atoms with Crippen molar-refractivity contribution in [1.29, 1.82) is 0 Å². The van der Waals surface area contributed by atoms with Crippen molar-refractivity contribution in [2.45, 2.75) is 36.7 Å². The molecule has 96 valence electrons. The Hall–Kier alpha value is -0.220. The van der Waals surface area contributed by atoms with Crippen molar-refractivity contribution in [3.63, 3.8) is 0 Å². The van der Waals surface area contributed by atoms with E-state index in [1.54, 1.807) is 18.7 Å². The fourth-order valence-electron chi connectivity index (χ4n) is 1.46. The highest BCUT2D eigenvalue weighted by atomic mass is 35.5. The molecule has 17 heavy (non-hydrogen) atoms. The van der Waals surface area contributed by atoms with Gasteiger partial charge in [0.1, 0.15) is 0 Å². The standard InChI is InChI=1S/C13H20ClNOS/c1-13(16,10-15)7-2-3-8-17-12-6-4-5-11(14)9-12/h4-6,9,16H,2-3,7-8,10,15H2,1H3. The minimum absolute atomic E-state index is 0.328. The van der Waals surface area contributed by atoms with Gasteiger partial charge in [0.2, 0.25) is 0 Å². The molecular formula is C13H20ClNOS. The SMILES string of the molecule is CC(O)(CN)CCCCSc1cccc(Cl)c1. The highest BCUT2D eigenvalue weighted by molar-refractivity contribution is 7.99. The van der Waals surface area contributed by atoms with Gasteiger partial charge in [-0.3, -0.25) is 0 Å². The smallest absolute Gasteiger partial charge is 0.0741 e. The molecule has 0 bridgehead atoms. The molecule has 0 fully saturated rings. The second-order valence-corrected chi connectivity index (χ2v) is 6.07. The van der Waals surface area contributed by atoms with Crippen LogP contribution in [-0.2, 0) is 0 Å². The maximum atomic E-state index is 9.73. The maximum Gasteiger partial charge on any atom is 0.0741 e. The summed E-state index contributed by atoms with van der Waals surface area (Å²) in [7, 11) is 0. The van der Waals surface area contributed by atoms with Crippen LogP contribution < -0.4 is 5.73 Å². The first-order valence-corrected chi connectivity index (χ1v) is 7.21. The summed E-state index contributed by atoms with van der Waals surface area (Å²) in [6.45, 7) is 2.12. The van der Waals surface area contributed by atoms with Crippen molar-refractivity contribution in [3.05, 3.63) is 29.3 Å². The zero-order chi connectivity index (χ0) is 12.7. The van der Waals surface area contributed by atoms with Gasteiger partial charge in [0.25, 0.3) is 0 Å². The van der Waals surface area contributed by atoms with E-state index in [0.717, 1.165) is 30.0 Å². The molecule has 0 amide bonds. The molecule has 0 aliphatic carbocycles. The van der Waals surface area contributed by atoms with E-state index in [1.807, 2.05) is 18.2 Å². The summed E-state index contributed by atoms with van der Waals surface area (Å²) in [5.74, 6) is 1.04. The summed E-state index contributed by atoms with van der Waals surface area (Å²) in [5.41, 5.74) is 4.75. The number of benzene rings is 1. The molecule has 0 saturated heterocycles. The third-order valence-corrected chi connectivity index (χ3v) is 3.93. The van der Waals surface area contributed by atoms with E-state index in [9.17, 15) is 5.11 Å². The van der Waals surface area contributed by atoms with Crippen LogP contribution in [-0.4, -0.2) is 23.0 Å². The van der Waals surface area contributed by atoms with Crippen molar-refractivity contribution in [2.24, 2.45) is 5.73 Å². The lowest BCUT2D eigenvalue weighted by Gasteiger charge is -2.20. The van der Waals surface area contributed by atoms with E-state index in [-0.39, 0.29) is 0 Å². The zero-order valence-corrected chi connectivity index (χ0v) is 11.7. The van der Waals surface area contributed by atoms with Crippen molar-refractivity contribution >= 4 is 23.4 Å². The van der Waals surface area contributed by atoms with Crippen molar-refractivity contribution in [1.82, 2.24) is 0 Å². The van der Waals surface area contributed by atoms with Crippen molar-refractivity contribution < 1.29 is 5.11 Å². The minimum atomic E-state index is -0.708. The van der Waals surface area contributed by atoms with Gasteiger partial charge in [-0.2, -0.15) is 0 Å². The Labute approximate surface area is 113 Å². The van der Waals surface area contributed by atoms with Gasteiger partial charge < -0.3 is 10.8 Å². The Bertz CT molecular complexity index is 344. The van der Waals surface area contributed by atoms with Crippen LogP contribution in [0, 0.1) is 0 Å². The fourth-order valence-corrected chi connectivity index (χ4v) is 2.68. The largest absolute Gasteiger partial charge is 0.389 e. The molecular weight excluding hydrogens is 254 g/mol. The van der Waals surface area contributed by atoms with E-state index in [1.165, 1.54) is 4.90 Å². The van der Waals surface area contributed by atoms with Gasteiger partial charge in [-0.1, -0.05) is 17.7 Å². The van der Waals surface area contributed by atoms with Crippen LogP contribution in [0.25, 0.3) is 0 Å². The topological polar surface area (TPSA) is 46.2 Å². The third-order valence-electron chi connectivity index (χ3n) is 2.61. The molecule has 2 nitrogen and oxygen atoms in total. The molecule has 1 aromatic carbocycles. The van der Waals surface area contributed by atoms with Crippen LogP contribution >= 0.6 is 23.4 Å². The number of thioether (sulfide) groups is 1. The molecule has 1 aromatic rings. The van der Waals surface area contributed by atoms with E-state index in [4.69, 9.17) is 17.3 Å². The van der Waals surface area contributed by atoms with Crippen LogP contribution in [0.4, 0.5) is 0 Å². The normalized spacial score (nSPS) is 14.6. The van der Waals surface area contributed by atoms with Gasteiger partial charge in [0.05, 0.1) is 5.60 Å². The predicted molar refractivity (Wildman–Crippen MR) is 75.7 cm³/mol.